The highest BCUT2D eigenvalue weighted by Gasteiger charge is 2.35. The van der Waals surface area contributed by atoms with Crippen LogP contribution in [0.15, 0.2) is 46.2 Å². The number of hydrogen-bond acceptors (Lipinski definition) is 8. The maximum absolute atomic E-state index is 14.0. The average Bonchev–Trinajstić information content (AvgIpc) is 3.56. The predicted octanol–water partition coefficient (Wildman–Crippen LogP) is 2.34. The summed E-state index contributed by atoms with van der Waals surface area (Å²) in [6, 6.07) is 5.80. The molecule has 0 unspecified atom stereocenters. The number of aliphatic hydroxyl groups is 2. The van der Waals surface area contributed by atoms with Crippen molar-refractivity contribution < 1.29 is 24.1 Å². The molecule has 1 aromatic carbocycles. The van der Waals surface area contributed by atoms with E-state index in [9.17, 15) is 18.8 Å². The SMILES string of the molecule is COc1ccc(F)cc1CCn1c(=O)n(C(C)(C)C(=O)NC(C)C)c(=O)c2c(C)c(-n3cccn3)sc21.OCCO. The number of ether oxygens (including phenoxy) is 1. The van der Waals surface area contributed by atoms with E-state index in [1.165, 1.54) is 41.2 Å². The Bertz CT molecular complexity index is 1620. The predicted molar refractivity (Wildman–Crippen MR) is 156 cm³/mol. The number of methoxy groups -OCH3 is 1. The monoisotopic (exact) mass is 589 g/mol. The lowest BCUT2D eigenvalue weighted by Crippen LogP contribution is -2.56. The molecule has 0 aliphatic rings. The summed E-state index contributed by atoms with van der Waals surface area (Å²) >= 11 is 1.27. The molecule has 4 rings (SSSR count). The molecule has 11 nitrogen and oxygen atoms in total. The van der Waals surface area contributed by atoms with E-state index in [4.69, 9.17) is 14.9 Å². The van der Waals surface area contributed by atoms with Crippen molar-refractivity contribution >= 4 is 27.5 Å². The van der Waals surface area contributed by atoms with Gasteiger partial charge < -0.3 is 20.3 Å². The number of amides is 1. The Labute approximate surface area is 240 Å². The Morgan fingerprint density at radius 1 is 1.22 bits per heavy atom. The van der Waals surface area contributed by atoms with Gasteiger partial charge in [-0.05, 0) is 70.9 Å². The van der Waals surface area contributed by atoms with Gasteiger partial charge in [0.05, 0.1) is 25.7 Å². The topological polar surface area (TPSA) is 141 Å². The molecule has 41 heavy (non-hydrogen) atoms. The third-order valence-electron chi connectivity index (χ3n) is 6.38. The van der Waals surface area contributed by atoms with Crippen LogP contribution in [-0.4, -0.2) is 61.4 Å². The van der Waals surface area contributed by atoms with Crippen LogP contribution in [0.4, 0.5) is 4.39 Å². The third kappa shape index (κ3) is 6.58. The Balaban J connectivity index is 0.00000108. The number of nitrogens with zero attached hydrogens (tertiary/aromatic N) is 4. The second-order valence-corrected chi connectivity index (χ2v) is 11.1. The fourth-order valence-corrected chi connectivity index (χ4v) is 5.61. The standard InChI is InChI=1S/C26H30FN5O4S.C2H6O2/c1-15(2)29-24(34)26(4,5)32-21(33)20-16(3)22(31-12-7-11-28-31)37-23(20)30(25(32)35)13-10-17-14-18(27)8-9-19(17)36-6;3-1-2-4/h7-9,11-12,14-15H,10,13H2,1-6H3,(H,29,34);3-4H,1-2H2. The second kappa shape index (κ2) is 13.2. The summed E-state index contributed by atoms with van der Waals surface area (Å²) in [5.74, 6) is -0.368. The first-order chi connectivity index (χ1) is 19.4. The van der Waals surface area contributed by atoms with E-state index >= 15 is 0 Å². The maximum Gasteiger partial charge on any atom is 0.333 e. The van der Waals surface area contributed by atoms with Gasteiger partial charge in [0, 0.05) is 30.5 Å². The van der Waals surface area contributed by atoms with Crippen molar-refractivity contribution in [2.24, 2.45) is 0 Å². The molecule has 0 fully saturated rings. The van der Waals surface area contributed by atoms with Crippen molar-refractivity contribution in [3.63, 3.8) is 0 Å². The van der Waals surface area contributed by atoms with Gasteiger partial charge >= 0.3 is 5.69 Å². The molecule has 3 aromatic heterocycles. The molecule has 0 aliphatic carbocycles. The highest BCUT2D eigenvalue weighted by atomic mass is 32.1. The molecule has 13 heteroatoms. The minimum atomic E-state index is -1.47. The van der Waals surface area contributed by atoms with Crippen LogP contribution in [0.1, 0.15) is 38.8 Å². The average molecular weight is 590 g/mol. The van der Waals surface area contributed by atoms with Crippen molar-refractivity contribution in [3.05, 3.63) is 74.4 Å². The van der Waals surface area contributed by atoms with Crippen LogP contribution in [0.2, 0.25) is 0 Å². The van der Waals surface area contributed by atoms with Gasteiger partial charge in [-0.1, -0.05) is 11.3 Å². The van der Waals surface area contributed by atoms with Gasteiger partial charge in [-0.3, -0.25) is 14.2 Å². The van der Waals surface area contributed by atoms with Crippen LogP contribution in [-0.2, 0) is 23.3 Å². The number of aliphatic hydroxyl groups excluding tert-OH is 2. The molecule has 0 bridgehead atoms. The largest absolute Gasteiger partial charge is 0.496 e. The molecule has 222 valence electrons. The number of benzene rings is 1. The van der Waals surface area contributed by atoms with Crippen molar-refractivity contribution in [2.75, 3.05) is 20.3 Å². The fourth-order valence-electron chi connectivity index (χ4n) is 4.35. The first kappa shape index (κ1) is 31.7. The third-order valence-corrected chi connectivity index (χ3v) is 7.69. The Morgan fingerprint density at radius 2 is 1.90 bits per heavy atom. The van der Waals surface area contributed by atoms with Gasteiger partial charge in [0.2, 0.25) is 5.91 Å². The molecule has 4 aromatic rings. The number of aromatic nitrogens is 4. The van der Waals surface area contributed by atoms with E-state index in [2.05, 4.69) is 10.4 Å². The van der Waals surface area contributed by atoms with E-state index in [0.29, 0.717) is 32.1 Å². The number of halogens is 1. The Morgan fingerprint density at radius 3 is 2.46 bits per heavy atom. The highest BCUT2D eigenvalue weighted by molar-refractivity contribution is 7.21. The minimum absolute atomic E-state index is 0.125. The lowest BCUT2D eigenvalue weighted by molar-refractivity contribution is -0.129. The molecule has 0 saturated carbocycles. The Kier molecular flexibility index (Phi) is 10.2. The number of carbonyl (C=O) groups is 1. The van der Waals surface area contributed by atoms with E-state index in [1.807, 2.05) is 13.8 Å². The first-order valence-electron chi connectivity index (χ1n) is 13.0. The van der Waals surface area contributed by atoms with Crippen molar-refractivity contribution in [3.8, 4) is 10.8 Å². The van der Waals surface area contributed by atoms with Crippen LogP contribution >= 0.6 is 11.3 Å². The highest BCUT2D eigenvalue weighted by Crippen LogP contribution is 2.31. The number of hydrogen-bond donors (Lipinski definition) is 3. The molecule has 0 atom stereocenters. The molecular weight excluding hydrogens is 553 g/mol. The maximum atomic E-state index is 14.0. The molecule has 0 radical (unpaired) electrons. The van der Waals surface area contributed by atoms with Crippen LogP contribution in [0.5, 0.6) is 5.75 Å². The number of nitrogens with one attached hydrogen (secondary N) is 1. The molecule has 0 aliphatic heterocycles. The number of carbonyl (C=O) groups excluding carboxylic acids is 1. The van der Waals surface area contributed by atoms with Gasteiger partial charge in [0.15, 0.2) is 0 Å². The van der Waals surface area contributed by atoms with Crippen LogP contribution < -0.4 is 21.3 Å². The van der Waals surface area contributed by atoms with E-state index < -0.39 is 28.5 Å². The summed E-state index contributed by atoms with van der Waals surface area (Å²) in [4.78, 5) is 41.3. The summed E-state index contributed by atoms with van der Waals surface area (Å²) in [5.41, 5.74) is -1.40. The van der Waals surface area contributed by atoms with Crippen LogP contribution in [0.3, 0.4) is 0 Å². The smallest absolute Gasteiger partial charge is 0.333 e. The van der Waals surface area contributed by atoms with Crippen LogP contribution in [0.25, 0.3) is 15.2 Å². The number of fused-ring (bicyclic) bond motifs is 1. The van der Waals surface area contributed by atoms with Crippen LogP contribution in [0, 0.1) is 12.7 Å². The Hall–Kier alpha value is -3.81. The fraction of sp³-hybridized carbons (Fsp3) is 0.429. The molecule has 3 heterocycles. The summed E-state index contributed by atoms with van der Waals surface area (Å²) in [5, 5.41) is 23.4. The quantitative estimate of drug-likeness (QED) is 0.272. The zero-order chi connectivity index (χ0) is 30.5. The van der Waals surface area contributed by atoms with E-state index in [1.54, 1.807) is 43.9 Å². The van der Waals surface area contributed by atoms with Gasteiger partial charge in [-0.2, -0.15) is 5.10 Å². The zero-order valence-electron chi connectivity index (χ0n) is 24.0. The molecular formula is C28H36FN5O6S. The number of rotatable bonds is 9. The number of aryl methyl sites for hydroxylation is 3. The lowest BCUT2D eigenvalue weighted by atomic mass is 10.0. The van der Waals surface area contributed by atoms with Crippen molar-refractivity contribution in [1.82, 2.24) is 24.2 Å². The summed E-state index contributed by atoms with van der Waals surface area (Å²) in [6.07, 6.45) is 3.65. The minimum Gasteiger partial charge on any atom is -0.496 e. The van der Waals surface area contributed by atoms with Crippen molar-refractivity contribution in [2.45, 2.75) is 59.2 Å². The normalized spacial score (nSPS) is 11.5. The summed E-state index contributed by atoms with van der Waals surface area (Å²) < 4.78 is 23.5. The van der Waals surface area contributed by atoms with E-state index in [-0.39, 0.29) is 32.2 Å². The van der Waals surface area contributed by atoms with Crippen molar-refractivity contribution in [1.29, 1.82) is 0 Å². The zero-order valence-corrected chi connectivity index (χ0v) is 24.8. The van der Waals surface area contributed by atoms with Gasteiger partial charge in [0.1, 0.15) is 26.9 Å². The first-order valence-corrected chi connectivity index (χ1v) is 13.8. The summed E-state index contributed by atoms with van der Waals surface area (Å²) in [6.45, 7) is 8.40. The van der Waals surface area contributed by atoms with Gasteiger partial charge in [0.25, 0.3) is 5.56 Å². The summed E-state index contributed by atoms with van der Waals surface area (Å²) in [7, 11) is 1.50. The van der Waals surface area contributed by atoms with Gasteiger partial charge in [-0.15, -0.1) is 0 Å². The lowest BCUT2D eigenvalue weighted by Gasteiger charge is -2.27. The number of thiophene rings is 1. The van der Waals surface area contributed by atoms with E-state index in [0.717, 1.165) is 4.57 Å². The molecule has 1 amide bonds. The molecule has 3 N–H and O–H groups in total. The van der Waals surface area contributed by atoms with Gasteiger partial charge in [-0.25, -0.2) is 18.4 Å². The molecule has 0 saturated heterocycles. The molecule has 0 spiro atoms. The second-order valence-electron chi connectivity index (χ2n) is 10.1.